The van der Waals surface area contributed by atoms with E-state index >= 15 is 0 Å². The van der Waals surface area contributed by atoms with Crippen molar-refractivity contribution >= 4 is 23.2 Å². The zero-order chi connectivity index (χ0) is 17.1. The molecule has 0 saturated carbocycles. The van der Waals surface area contributed by atoms with E-state index in [1.807, 2.05) is 31.3 Å². The number of nitrogens with two attached hydrogens (primary N) is 1. The van der Waals surface area contributed by atoms with Gasteiger partial charge in [-0.25, -0.2) is 0 Å². The molecule has 1 heterocycles. The fraction of sp³-hybridized carbons (Fsp3) is 0.316. The number of nitrogens with zero attached hydrogens (tertiary/aromatic N) is 1. The number of aryl methyl sites for hydroxylation is 1. The van der Waals surface area contributed by atoms with Gasteiger partial charge >= 0.3 is 0 Å². The van der Waals surface area contributed by atoms with Gasteiger partial charge in [0.2, 0.25) is 5.91 Å². The van der Waals surface area contributed by atoms with Crippen molar-refractivity contribution in [2.75, 3.05) is 18.5 Å². The number of hydrogen-bond acceptors (Lipinski definition) is 3. The summed E-state index contributed by atoms with van der Waals surface area (Å²) in [4.78, 5) is 13.6. The maximum absolute atomic E-state index is 11.5. The van der Waals surface area contributed by atoms with Crippen LogP contribution in [0.5, 0.6) is 5.75 Å². The van der Waals surface area contributed by atoms with Gasteiger partial charge in [0.25, 0.3) is 0 Å². The molecule has 24 heavy (non-hydrogen) atoms. The molecule has 0 aliphatic carbocycles. The smallest absolute Gasteiger partial charge is 0.248 e. The molecule has 0 unspecified atom stereocenters. The van der Waals surface area contributed by atoms with Crippen LogP contribution in [0.1, 0.15) is 34.3 Å². The number of carbonyl (C=O) groups excluding carboxylic acids is 1. The first-order valence-corrected chi connectivity index (χ1v) is 8.47. The molecule has 1 amide bonds. The van der Waals surface area contributed by atoms with Crippen LogP contribution in [0.3, 0.4) is 0 Å². The van der Waals surface area contributed by atoms with E-state index in [1.165, 1.54) is 5.56 Å². The largest absolute Gasteiger partial charge is 0.487 e. The summed E-state index contributed by atoms with van der Waals surface area (Å²) in [5.41, 5.74) is 9.18. The highest BCUT2D eigenvalue weighted by Crippen LogP contribution is 2.31. The van der Waals surface area contributed by atoms with Crippen LogP contribution < -0.4 is 15.4 Å². The first-order chi connectivity index (χ1) is 11.5. The third-order valence-electron chi connectivity index (χ3n) is 4.40. The first-order valence-electron chi connectivity index (χ1n) is 8.09. The van der Waals surface area contributed by atoms with Crippen LogP contribution in [-0.4, -0.2) is 19.5 Å². The van der Waals surface area contributed by atoms with E-state index in [9.17, 15) is 4.79 Å². The van der Waals surface area contributed by atoms with E-state index in [4.69, 9.17) is 22.1 Å². The zero-order valence-electron chi connectivity index (χ0n) is 13.7. The van der Waals surface area contributed by atoms with Crippen LogP contribution >= 0.6 is 11.6 Å². The number of rotatable bonds is 1. The molecule has 1 aliphatic rings. The minimum atomic E-state index is -0.430. The fourth-order valence-corrected chi connectivity index (χ4v) is 3.19. The molecule has 2 aromatic rings. The van der Waals surface area contributed by atoms with Crippen LogP contribution in [0.2, 0.25) is 5.02 Å². The molecule has 2 N–H and O–H groups in total. The van der Waals surface area contributed by atoms with Crippen molar-refractivity contribution in [3.05, 3.63) is 58.1 Å². The predicted octanol–water partition coefficient (Wildman–Crippen LogP) is 3.79. The summed E-state index contributed by atoms with van der Waals surface area (Å²) in [5.74, 6) is 0.325. The summed E-state index contributed by atoms with van der Waals surface area (Å²) < 4.78 is 6.05. The average molecular weight is 345 g/mol. The fourth-order valence-electron chi connectivity index (χ4n) is 3.00. The topological polar surface area (TPSA) is 55.6 Å². The summed E-state index contributed by atoms with van der Waals surface area (Å²) >= 11 is 6.13. The van der Waals surface area contributed by atoms with Crippen molar-refractivity contribution in [1.29, 1.82) is 0 Å². The van der Waals surface area contributed by atoms with Gasteiger partial charge in [-0.1, -0.05) is 17.7 Å². The number of primary amides is 1. The number of hydrogen-bond donors (Lipinski definition) is 1. The van der Waals surface area contributed by atoms with Gasteiger partial charge < -0.3 is 15.4 Å². The van der Waals surface area contributed by atoms with E-state index in [2.05, 4.69) is 4.90 Å². The van der Waals surface area contributed by atoms with Gasteiger partial charge in [-0.2, -0.15) is 0 Å². The summed E-state index contributed by atoms with van der Waals surface area (Å²) in [6.45, 7) is 1.36. The second-order valence-corrected chi connectivity index (χ2v) is 6.56. The van der Waals surface area contributed by atoms with Crippen molar-refractivity contribution in [2.45, 2.75) is 25.9 Å². The number of carbonyl (C=O) groups is 1. The van der Waals surface area contributed by atoms with Gasteiger partial charge in [0.05, 0.1) is 5.69 Å². The molecule has 5 heteroatoms. The van der Waals surface area contributed by atoms with Gasteiger partial charge in [0.15, 0.2) is 0 Å². The Balaban J connectivity index is 1.96. The minimum Gasteiger partial charge on any atom is -0.487 e. The van der Waals surface area contributed by atoms with Gasteiger partial charge in [-0.15, -0.1) is 0 Å². The Labute approximate surface area is 147 Å². The Morgan fingerprint density at radius 3 is 2.79 bits per heavy atom. The quantitative estimate of drug-likeness (QED) is 0.856. The molecule has 0 bridgehead atoms. The van der Waals surface area contributed by atoms with E-state index < -0.39 is 5.91 Å². The van der Waals surface area contributed by atoms with Gasteiger partial charge in [0.1, 0.15) is 12.4 Å². The maximum Gasteiger partial charge on any atom is 0.248 e. The van der Waals surface area contributed by atoms with Crippen LogP contribution in [0.4, 0.5) is 5.69 Å². The summed E-state index contributed by atoms with van der Waals surface area (Å²) in [6.07, 6.45) is 3.10. The molecule has 4 nitrogen and oxygen atoms in total. The number of fused-ring (bicyclic) bond motifs is 2. The second kappa shape index (κ2) is 7.14. The lowest BCUT2D eigenvalue weighted by molar-refractivity contribution is 0.100. The number of benzene rings is 2. The SMILES string of the molecule is CN1CCCCc2cc(Cl)ccc2COc2ccc(C(N)=O)cc21. The predicted molar refractivity (Wildman–Crippen MR) is 97.0 cm³/mol. The molecule has 3 rings (SSSR count). The highest BCUT2D eigenvalue weighted by atomic mass is 35.5. The lowest BCUT2D eigenvalue weighted by Crippen LogP contribution is -2.20. The highest BCUT2D eigenvalue weighted by Gasteiger charge is 2.15. The molecule has 1 aliphatic heterocycles. The third-order valence-corrected chi connectivity index (χ3v) is 4.63. The molecular formula is C19H21ClN2O2. The Morgan fingerprint density at radius 1 is 1.17 bits per heavy atom. The Bertz CT molecular complexity index is 761. The van der Waals surface area contributed by atoms with E-state index in [0.29, 0.717) is 12.2 Å². The second-order valence-electron chi connectivity index (χ2n) is 6.13. The van der Waals surface area contributed by atoms with Crippen molar-refractivity contribution in [1.82, 2.24) is 0 Å². The molecule has 2 aromatic carbocycles. The van der Waals surface area contributed by atoms with Crippen LogP contribution in [0, 0.1) is 0 Å². The lowest BCUT2D eigenvalue weighted by Gasteiger charge is -2.22. The minimum absolute atomic E-state index is 0.430. The highest BCUT2D eigenvalue weighted by molar-refractivity contribution is 6.30. The Kier molecular flexibility index (Phi) is 4.95. The summed E-state index contributed by atoms with van der Waals surface area (Å²) in [6, 6.07) is 11.3. The van der Waals surface area contributed by atoms with Gasteiger partial charge in [-0.05, 0) is 60.7 Å². The Hall–Kier alpha value is -2.20. The van der Waals surface area contributed by atoms with E-state index in [1.54, 1.807) is 12.1 Å². The number of halogens is 1. The van der Waals surface area contributed by atoms with Crippen molar-refractivity contribution in [3.8, 4) is 5.75 Å². The molecule has 126 valence electrons. The van der Waals surface area contributed by atoms with Crippen LogP contribution in [-0.2, 0) is 13.0 Å². The number of amides is 1. The van der Waals surface area contributed by atoms with Gasteiger partial charge in [0, 0.05) is 24.2 Å². The molecule has 0 aromatic heterocycles. The maximum atomic E-state index is 11.5. The summed E-state index contributed by atoms with van der Waals surface area (Å²) in [5, 5.41) is 0.757. The van der Waals surface area contributed by atoms with Crippen LogP contribution in [0.15, 0.2) is 36.4 Å². The molecule has 0 spiro atoms. The normalized spacial score (nSPS) is 14.8. The lowest BCUT2D eigenvalue weighted by atomic mass is 10.0. The van der Waals surface area contributed by atoms with Crippen molar-refractivity contribution in [2.24, 2.45) is 5.73 Å². The molecule has 0 atom stereocenters. The number of anilines is 1. The van der Waals surface area contributed by atoms with Gasteiger partial charge in [-0.3, -0.25) is 4.79 Å². The van der Waals surface area contributed by atoms with Crippen molar-refractivity contribution < 1.29 is 9.53 Å². The molecule has 0 fully saturated rings. The first kappa shape index (κ1) is 16.7. The standard InChI is InChI=1S/C19H21ClN2O2/c1-22-9-3-2-4-13-10-16(20)7-5-15(13)12-24-18-8-6-14(19(21)23)11-17(18)22/h5-8,10-11H,2-4,9,12H2,1H3,(H2,21,23). The van der Waals surface area contributed by atoms with E-state index in [-0.39, 0.29) is 0 Å². The summed E-state index contributed by atoms with van der Waals surface area (Å²) in [7, 11) is 2.01. The number of ether oxygens (including phenoxy) is 1. The molecule has 0 saturated heterocycles. The Morgan fingerprint density at radius 2 is 2.00 bits per heavy atom. The molecular weight excluding hydrogens is 324 g/mol. The zero-order valence-corrected chi connectivity index (χ0v) is 14.5. The average Bonchev–Trinajstić information content (AvgIpc) is 2.59. The third kappa shape index (κ3) is 3.65. The van der Waals surface area contributed by atoms with E-state index in [0.717, 1.165) is 47.8 Å². The monoisotopic (exact) mass is 344 g/mol. The van der Waals surface area contributed by atoms with Crippen LogP contribution in [0.25, 0.3) is 0 Å². The molecule has 0 radical (unpaired) electrons. The van der Waals surface area contributed by atoms with Crippen molar-refractivity contribution in [3.63, 3.8) is 0 Å².